The molecule has 3 rings (SSSR count). The van der Waals surface area contributed by atoms with E-state index in [9.17, 15) is 14.4 Å². The zero-order valence-electron chi connectivity index (χ0n) is 16.6. The van der Waals surface area contributed by atoms with Crippen molar-refractivity contribution in [2.45, 2.75) is 45.6 Å². The predicted octanol–water partition coefficient (Wildman–Crippen LogP) is 3.81. The van der Waals surface area contributed by atoms with Gasteiger partial charge < -0.3 is 9.55 Å². The molecule has 0 saturated heterocycles. The highest BCUT2D eigenvalue weighted by atomic mass is 16.1. The summed E-state index contributed by atoms with van der Waals surface area (Å²) < 4.78 is 1.47. The van der Waals surface area contributed by atoms with Crippen LogP contribution in [0.15, 0.2) is 59.8 Å². The maximum Gasteiger partial charge on any atom is 0.261 e. The average molecular weight is 391 g/mol. The molecule has 150 valence electrons. The number of ketones is 2. The summed E-state index contributed by atoms with van der Waals surface area (Å²) in [6.07, 6.45) is 8.00. The van der Waals surface area contributed by atoms with Crippen molar-refractivity contribution < 1.29 is 9.59 Å². The molecule has 0 spiro atoms. The SMILES string of the molecule is CCC(=O)c1cc(C(=O)CCCCc2ncc[nH]2)cn(Cc2ccccc2)c1=O. The molecule has 0 aliphatic rings. The van der Waals surface area contributed by atoms with Crippen LogP contribution in [-0.4, -0.2) is 26.1 Å². The number of aromatic amines is 1. The number of pyridine rings is 1. The first-order chi connectivity index (χ1) is 14.1. The third-order valence-electron chi connectivity index (χ3n) is 4.85. The summed E-state index contributed by atoms with van der Waals surface area (Å²) in [5.74, 6) is 0.602. The number of nitrogens with zero attached hydrogens (tertiary/aromatic N) is 2. The minimum Gasteiger partial charge on any atom is -0.349 e. The van der Waals surface area contributed by atoms with Gasteiger partial charge in [-0.05, 0) is 24.5 Å². The molecule has 3 aromatic rings. The Hall–Kier alpha value is -3.28. The summed E-state index contributed by atoms with van der Waals surface area (Å²) >= 11 is 0. The lowest BCUT2D eigenvalue weighted by molar-refractivity contribution is 0.0978. The van der Waals surface area contributed by atoms with Gasteiger partial charge in [-0.25, -0.2) is 4.98 Å². The van der Waals surface area contributed by atoms with Gasteiger partial charge >= 0.3 is 0 Å². The number of aryl methyl sites for hydroxylation is 1. The number of imidazole rings is 1. The molecular weight excluding hydrogens is 366 g/mol. The first-order valence-electron chi connectivity index (χ1n) is 9.91. The van der Waals surface area contributed by atoms with E-state index in [1.165, 1.54) is 10.6 Å². The second kappa shape index (κ2) is 9.78. The molecule has 0 unspecified atom stereocenters. The van der Waals surface area contributed by atoms with E-state index in [0.717, 1.165) is 24.2 Å². The molecule has 0 bridgehead atoms. The second-order valence-corrected chi connectivity index (χ2v) is 7.00. The average Bonchev–Trinajstić information content (AvgIpc) is 3.26. The monoisotopic (exact) mass is 391 g/mol. The molecular formula is C23H25N3O3. The summed E-state index contributed by atoms with van der Waals surface area (Å²) in [4.78, 5) is 45.0. The van der Waals surface area contributed by atoms with E-state index >= 15 is 0 Å². The van der Waals surface area contributed by atoms with Gasteiger partial charge in [0.25, 0.3) is 5.56 Å². The van der Waals surface area contributed by atoms with Gasteiger partial charge in [0.05, 0.1) is 12.1 Å². The molecule has 1 N–H and O–H groups in total. The first kappa shape index (κ1) is 20.5. The molecule has 0 fully saturated rings. The van der Waals surface area contributed by atoms with Gasteiger partial charge in [0.1, 0.15) is 5.82 Å². The molecule has 0 aliphatic carbocycles. The highest BCUT2D eigenvalue weighted by molar-refractivity contribution is 6.00. The van der Waals surface area contributed by atoms with Gasteiger partial charge in [-0.15, -0.1) is 0 Å². The quantitative estimate of drug-likeness (QED) is 0.421. The van der Waals surface area contributed by atoms with Gasteiger partial charge in [-0.1, -0.05) is 37.3 Å². The van der Waals surface area contributed by atoms with Crippen LogP contribution in [-0.2, 0) is 13.0 Å². The van der Waals surface area contributed by atoms with Crippen molar-refractivity contribution in [2.24, 2.45) is 0 Å². The van der Waals surface area contributed by atoms with Crippen LogP contribution < -0.4 is 5.56 Å². The molecule has 0 saturated carbocycles. The highest BCUT2D eigenvalue weighted by Crippen LogP contribution is 2.12. The zero-order chi connectivity index (χ0) is 20.6. The normalized spacial score (nSPS) is 10.8. The highest BCUT2D eigenvalue weighted by Gasteiger charge is 2.16. The van der Waals surface area contributed by atoms with E-state index in [1.807, 2.05) is 30.3 Å². The van der Waals surface area contributed by atoms with Crippen LogP contribution in [0.25, 0.3) is 0 Å². The summed E-state index contributed by atoms with van der Waals surface area (Å²) in [5.41, 5.74) is 1.09. The standard InChI is InChI=1S/C23H25N3O3/c1-2-20(27)19-14-18(21(28)10-6-7-11-22-24-12-13-25-22)16-26(23(19)29)15-17-8-4-3-5-9-17/h3-5,8-9,12-14,16H,2,6-7,10-11,15H2,1H3,(H,24,25). The number of H-pyrrole nitrogens is 1. The van der Waals surface area contributed by atoms with E-state index in [4.69, 9.17) is 0 Å². The Kier molecular flexibility index (Phi) is 6.89. The number of Topliss-reactive ketones (excluding diaryl/α,β-unsaturated/α-hetero) is 2. The van der Waals surface area contributed by atoms with Crippen LogP contribution in [0.5, 0.6) is 0 Å². The maximum absolute atomic E-state index is 12.8. The number of benzene rings is 1. The largest absolute Gasteiger partial charge is 0.349 e. The zero-order valence-corrected chi connectivity index (χ0v) is 16.6. The summed E-state index contributed by atoms with van der Waals surface area (Å²) in [5, 5.41) is 0. The van der Waals surface area contributed by atoms with E-state index in [-0.39, 0.29) is 29.1 Å². The molecule has 1 aromatic carbocycles. The predicted molar refractivity (Wildman–Crippen MR) is 111 cm³/mol. The van der Waals surface area contributed by atoms with Crippen molar-refractivity contribution in [3.05, 3.63) is 87.9 Å². The number of carbonyl (C=O) groups is 2. The number of carbonyl (C=O) groups excluding carboxylic acids is 2. The topological polar surface area (TPSA) is 84.8 Å². The Labute approximate surface area is 169 Å². The van der Waals surface area contributed by atoms with Crippen molar-refractivity contribution in [3.63, 3.8) is 0 Å². The Morgan fingerprint density at radius 1 is 1.10 bits per heavy atom. The minimum absolute atomic E-state index is 0.0589. The van der Waals surface area contributed by atoms with Crippen LogP contribution in [0.2, 0.25) is 0 Å². The molecule has 29 heavy (non-hydrogen) atoms. The van der Waals surface area contributed by atoms with Crippen LogP contribution in [0, 0.1) is 0 Å². The van der Waals surface area contributed by atoms with Gasteiger partial charge in [-0.2, -0.15) is 0 Å². The second-order valence-electron chi connectivity index (χ2n) is 7.00. The van der Waals surface area contributed by atoms with Gasteiger partial charge in [0.15, 0.2) is 11.6 Å². The number of nitrogens with one attached hydrogen (secondary N) is 1. The summed E-state index contributed by atoms with van der Waals surface area (Å²) in [6.45, 7) is 2.04. The summed E-state index contributed by atoms with van der Waals surface area (Å²) in [7, 11) is 0. The third-order valence-corrected chi connectivity index (χ3v) is 4.85. The number of hydrogen-bond acceptors (Lipinski definition) is 4. The first-order valence-corrected chi connectivity index (χ1v) is 9.91. The minimum atomic E-state index is -0.352. The molecule has 6 nitrogen and oxygen atoms in total. The maximum atomic E-state index is 12.8. The lowest BCUT2D eigenvalue weighted by atomic mass is 10.0. The van der Waals surface area contributed by atoms with Crippen LogP contribution >= 0.6 is 0 Å². The van der Waals surface area contributed by atoms with Gasteiger partial charge in [0.2, 0.25) is 0 Å². The number of rotatable bonds is 10. The molecule has 0 aliphatic heterocycles. The Balaban J connectivity index is 1.77. The van der Waals surface area contributed by atoms with Crippen molar-refractivity contribution in [2.75, 3.05) is 0 Å². The molecule has 0 radical (unpaired) electrons. The van der Waals surface area contributed by atoms with Crippen molar-refractivity contribution in [3.8, 4) is 0 Å². The molecule has 0 atom stereocenters. The molecule has 2 heterocycles. The third kappa shape index (κ3) is 5.38. The fourth-order valence-corrected chi connectivity index (χ4v) is 3.23. The van der Waals surface area contributed by atoms with Crippen LogP contribution in [0.4, 0.5) is 0 Å². The van der Waals surface area contributed by atoms with Crippen molar-refractivity contribution in [1.29, 1.82) is 0 Å². The number of unbranched alkanes of at least 4 members (excludes halogenated alkanes) is 1. The lowest BCUT2D eigenvalue weighted by Crippen LogP contribution is -2.28. The molecule has 2 aromatic heterocycles. The van der Waals surface area contributed by atoms with Crippen molar-refractivity contribution >= 4 is 11.6 Å². The van der Waals surface area contributed by atoms with E-state index in [1.54, 1.807) is 25.5 Å². The number of aromatic nitrogens is 3. The van der Waals surface area contributed by atoms with Crippen molar-refractivity contribution in [1.82, 2.24) is 14.5 Å². The lowest BCUT2D eigenvalue weighted by Gasteiger charge is -2.11. The van der Waals surface area contributed by atoms with E-state index in [2.05, 4.69) is 9.97 Å². The fourth-order valence-electron chi connectivity index (χ4n) is 3.23. The smallest absolute Gasteiger partial charge is 0.261 e. The Morgan fingerprint density at radius 2 is 1.90 bits per heavy atom. The summed E-state index contributed by atoms with van der Waals surface area (Å²) in [6, 6.07) is 11.0. The fraction of sp³-hybridized carbons (Fsp3) is 0.304. The van der Waals surface area contributed by atoms with Crippen LogP contribution in [0.1, 0.15) is 64.7 Å². The van der Waals surface area contributed by atoms with E-state index < -0.39 is 0 Å². The molecule has 6 heteroatoms. The van der Waals surface area contributed by atoms with Gasteiger partial charge in [-0.3, -0.25) is 14.4 Å². The Morgan fingerprint density at radius 3 is 2.59 bits per heavy atom. The van der Waals surface area contributed by atoms with Crippen LogP contribution in [0.3, 0.4) is 0 Å². The Bertz CT molecular complexity index is 1020. The van der Waals surface area contributed by atoms with Gasteiger partial charge in [0, 0.05) is 43.4 Å². The number of hydrogen-bond donors (Lipinski definition) is 1. The molecule has 0 amide bonds. The van der Waals surface area contributed by atoms with E-state index in [0.29, 0.717) is 24.9 Å².